The maximum atomic E-state index is 12.4. The van der Waals surface area contributed by atoms with E-state index >= 15 is 0 Å². The lowest BCUT2D eigenvalue weighted by atomic mass is 10.2. The van der Waals surface area contributed by atoms with Crippen LogP contribution in [0.1, 0.15) is 15.9 Å². The van der Waals surface area contributed by atoms with Gasteiger partial charge in [-0.25, -0.2) is 10.2 Å². The predicted molar refractivity (Wildman–Crippen MR) is 129 cm³/mol. The number of hydrogen-bond acceptors (Lipinski definition) is 8. The molecule has 0 aliphatic rings. The Labute approximate surface area is 209 Å². The van der Waals surface area contributed by atoms with Gasteiger partial charge in [-0.1, -0.05) is 35.3 Å². The lowest BCUT2D eigenvalue weighted by molar-refractivity contribution is -0.385. The van der Waals surface area contributed by atoms with Gasteiger partial charge in [-0.2, -0.15) is 5.10 Å². The zero-order valence-corrected chi connectivity index (χ0v) is 19.6. The number of methoxy groups -OCH3 is 1. The monoisotopic (exact) mass is 517 g/mol. The van der Waals surface area contributed by atoms with Gasteiger partial charge in [-0.05, 0) is 48.0 Å². The van der Waals surface area contributed by atoms with Crippen molar-refractivity contribution in [3.8, 4) is 17.2 Å². The van der Waals surface area contributed by atoms with Gasteiger partial charge < -0.3 is 14.2 Å². The van der Waals surface area contributed by atoms with E-state index in [1.165, 1.54) is 61.9 Å². The molecule has 0 atom stereocenters. The van der Waals surface area contributed by atoms with Crippen LogP contribution in [-0.4, -0.2) is 36.7 Å². The van der Waals surface area contributed by atoms with Crippen LogP contribution in [0.15, 0.2) is 65.8 Å². The predicted octanol–water partition coefficient (Wildman–Crippen LogP) is 4.66. The number of nitro benzene ring substituents is 1. The first kappa shape index (κ1) is 25.5. The van der Waals surface area contributed by atoms with E-state index in [9.17, 15) is 19.7 Å². The topological polar surface area (TPSA) is 129 Å². The number of benzene rings is 3. The molecule has 35 heavy (non-hydrogen) atoms. The van der Waals surface area contributed by atoms with E-state index in [4.69, 9.17) is 37.4 Å². The Kier molecular flexibility index (Phi) is 8.60. The summed E-state index contributed by atoms with van der Waals surface area (Å²) in [6, 6.07) is 14.7. The Morgan fingerprint density at radius 1 is 1.03 bits per heavy atom. The number of carbonyl (C=O) groups is 2. The average Bonchev–Trinajstić information content (AvgIpc) is 2.85. The molecule has 1 N–H and O–H groups in total. The second-order valence-electron chi connectivity index (χ2n) is 6.74. The van der Waals surface area contributed by atoms with Crippen LogP contribution in [-0.2, 0) is 4.79 Å². The smallest absolute Gasteiger partial charge is 0.343 e. The molecule has 0 unspecified atom stereocenters. The van der Waals surface area contributed by atoms with Gasteiger partial charge in [0.25, 0.3) is 5.91 Å². The number of para-hydroxylation sites is 2. The van der Waals surface area contributed by atoms with Crippen LogP contribution >= 0.6 is 23.2 Å². The van der Waals surface area contributed by atoms with E-state index in [0.29, 0.717) is 10.6 Å². The second kappa shape index (κ2) is 11.8. The largest absolute Gasteiger partial charge is 0.493 e. The fourth-order valence-corrected chi connectivity index (χ4v) is 3.01. The minimum atomic E-state index is -0.658. The number of nitro groups is 1. The summed E-state index contributed by atoms with van der Waals surface area (Å²) in [7, 11) is 1.40. The lowest BCUT2D eigenvalue weighted by Crippen LogP contribution is -2.24. The third-order valence-corrected chi connectivity index (χ3v) is 5.11. The quantitative estimate of drug-likeness (QED) is 0.143. The molecule has 180 valence electrons. The number of hydrazone groups is 1. The normalized spacial score (nSPS) is 10.6. The molecule has 0 aromatic heterocycles. The summed E-state index contributed by atoms with van der Waals surface area (Å²) in [6.45, 7) is -0.477. The molecule has 3 rings (SSSR count). The van der Waals surface area contributed by atoms with E-state index in [2.05, 4.69) is 10.5 Å². The highest BCUT2D eigenvalue weighted by molar-refractivity contribution is 6.42. The maximum absolute atomic E-state index is 12.4. The van der Waals surface area contributed by atoms with Crippen LogP contribution in [0.2, 0.25) is 10.0 Å². The summed E-state index contributed by atoms with van der Waals surface area (Å²) in [4.78, 5) is 34.7. The van der Waals surface area contributed by atoms with E-state index in [1.807, 2.05) is 0 Å². The van der Waals surface area contributed by atoms with Crippen LogP contribution in [0.25, 0.3) is 0 Å². The van der Waals surface area contributed by atoms with Crippen molar-refractivity contribution in [1.82, 2.24) is 5.43 Å². The Hall–Kier alpha value is -4.15. The molecule has 0 aliphatic heterocycles. The summed E-state index contributed by atoms with van der Waals surface area (Å²) >= 11 is 11.8. The molecule has 0 aliphatic carbocycles. The van der Waals surface area contributed by atoms with Gasteiger partial charge in [0.05, 0.1) is 33.9 Å². The highest BCUT2D eigenvalue weighted by atomic mass is 35.5. The molecule has 12 heteroatoms. The fraction of sp³-hybridized carbons (Fsp3) is 0.0870. The van der Waals surface area contributed by atoms with E-state index in [1.54, 1.807) is 12.1 Å². The minimum Gasteiger partial charge on any atom is -0.493 e. The van der Waals surface area contributed by atoms with Crippen molar-refractivity contribution in [2.45, 2.75) is 0 Å². The standard InChI is InChI=1S/C23H17Cl2N3O7/c1-33-21-10-14(6-9-20(21)35-23(30)15-7-8-16(24)17(25)11-15)12-26-27-22(29)13-34-19-5-3-2-4-18(19)28(31)32/h2-12H,13H2,1H3,(H,27,29)/b26-12+. The molecule has 0 heterocycles. The molecule has 10 nitrogen and oxygen atoms in total. The van der Waals surface area contributed by atoms with Crippen LogP contribution < -0.4 is 19.6 Å². The highest BCUT2D eigenvalue weighted by Gasteiger charge is 2.16. The summed E-state index contributed by atoms with van der Waals surface area (Å²) < 4.78 is 15.8. The average molecular weight is 518 g/mol. The summed E-state index contributed by atoms with van der Waals surface area (Å²) in [6.07, 6.45) is 1.33. The first-order chi connectivity index (χ1) is 16.8. The molecule has 0 spiro atoms. The molecular weight excluding hydrogens is 501 g/mol. The zero-order valence-electron chi connectivity index (χ0n) is 18.1. The number of rotatable bonds is 9. The van der Waals surface area contributed by atoms with Gasteiger partial charge in [0.15, 0.2) is 23.9 Å². The molecule has 0 saturated heterocycles. The number of hydrogen-bond donors (Lipinski definition) is 1. The third-order valence-electron chi connectivity index (χ3n) is 4.37. The first-order valence-corrected chi connectivity index (χ1v) is 10.6. The first-order valence-electron chi connectivity index (χ1n) is 9.82. The molecule has 3 aromatic rings. The molecule has 1 amide bonds. The molecule has 0 bridgehead atoms. The maximum Gasteiger partial charge on any atom is 0.343 e. The Balaban J connectivity index is 1.59. The number of halogens is 2. The molecule has 0 saturated carbocycles. The second-order valence-corrected chi connectivity index (χ2v) is 7.55. The van der Waals surface area contributed by atoms with Gasteiger partial charge >= 0.3 is 11.7 Å². The number of esters is 1. The number of amides is 1. The van der Waals surface area contributed by atoms with Crippen LogP contribution in [0.5, 0.6) is 17.2 Å². The van der Waals surface area contributed by atoms with Gasteiger partial charge in [0.1, 0.15) is 0 Å². The van der Waals surface area contributed by atoms with Crippen molar-refractivity contribution < 1.29 is 28.7 Å². The highest BCUT2D eigenvalue weighted by Crippen LogP contribution is 2.29. The number of nitrogens with zero attached hydrogens (tertiary/aromatic N) is 2. The Morgan fingerprint density at radius 3 is 2.51 bits per heavy atom. The fourth-order valence-electron chi connectivity index (χ4n) is 2.72. The lowest BCUT2D eigenvalue weighted by Gasteiger charge is -2.10. The van der Waals surface area contributed by atoms with Crippen molar-refractivity contribution in [2.75, 3.05) is 13.7 Å². The SMILES string of the molecule is COc1cc(/C=N/NC(=O)COc2ccccc2[N+](=O)[O-])ccc1OC(=O)c1ccc(Cl)c(Cl)c1. The minimum absolute atomic E-state index is 0.0348. The number of ether oxygens (including phenoxy) is 3. The van der Waals surface area contributed by atoms with Crippen molar-refractivity contribution >= 4 is 47.0 Å². The molecule has 3 aromatic carbocycles. The van der Waals surface area contributed by atoms with Crippen molar-refractivity contribution in [1.29, 1.82) is 0 Å². The van der Waals surface area contributed by atoms with Crippen molar-refractivity contribution in [3.63, 3.8) is 0 Å². The van der Waals surface area contributed by atoms with Crippen molar-refractivity contribution in [3.05, 3.63) is 92.0 Å². The Morgan fingerprint density at radius 2 is 1.80 bits per heavy atom. The number of nitrogens with one attached hydrogen (secondary N) is 1. The molecule has 0 fully saturated rings. The summed E-state index contributed by atoms with van der Waals surface area (Å²) in [5, 5.41) is 15.3. The van der Waals surface area contributed by atoms with Crippen LogP contribution in [0.4, 0.5) is 5.69 Å². The van der Waals surface area contributed by atoms with Crippen LogP contribution in [0.3, 0.4) is 0 Å². The van der Waals surface area contributed by atoms with Crippen LogP contribution in [0, 0.1) is 10.1 Å². The van der Waals surface area contributed by atoms with Gasteiger partial charge in [0.2, 0.25) is 0 Å². The van der Waals surface area contributed by atoms with Gasteiger partial charge in [0, 0.05) is 6.07 Å². The van der Waals surface area contributed by atoms with E-state index in [0.717, 1.165) is 0 Å². The van der Waals surface area contributed by atoms with E-state index in [-0.39, 0.29) is 33.5 Å². The Bertz CT molecular complexity index is 1300. The van der Waals surface area contributed by atoms with Crippen molar-refractivity contribution in [2.24, 2.45) is 5.10 Å². The zero-order chi connectivity index (χ0) is 25.4. The van der Waals surface area contributed by atoms with E-state index < -0.39 is 23.4 Å². The summed E-state index contributed by atoms with van der Waals surface area (Å²) in [5.41, 5.74) is 2.73. The third kappa shape index (κ3) is 6.92. The van der Waals surface area contributed by atoms with Gasteiger partial charge in [-0.3, -0.25) is 14.9 Å². The summed E-state index contributed by atoms with van der Waals surface area (Å²) in [5.74, 6) is -0.920. The van der Waals surface area contributed by atoms with Gasteiger partial charge in [-0.15, -0.1) is 0 Å². The molecule has 0 radical (unpaired) electrons. The number of carbonyl (C=O) groups excluding carboxylic acids is 2. The molecular formula is C23H17Cl2N3O7.